The van der Waals surface area contributed by atoms with E-state index in [1.54, 1.807) is 12.1 Å². The molecule has 6 nitrogen and oxygen atoms in total. The lowest BCUT2D eigenvalue weighted by atomic mass is 9.95. The number of aliphatic hydroxyl groups is 1. The highest BCUT2D eigenvalue weighted by molar-refractivity contribution is 5.48. The molecule has 1 saturated carbocycles. The van der Waals surface area contributed by atoms with Gasteiger partial charge >= 0.3 is 5.69 Å². The number of nitro groups is 1. The van der Waals surface area contributed by atoms with E-state index in [-0.39, 0.29) is 17.5 Å². The summed E-state index contributed by atoms with van der Waals surface area (Å²) < 4.78 is 5.66. The average Bonchev–Trinajstić information content (AvgIpc) is 2.41. The summed E-state index contributed by atoms with van der Waals surface area (Å²) in [7, 11) is 0. The van der Waals surface area contributed by atoms with Crippen LogP contribution in [0.1, 0.15) is 31.2 Å². The molecule has 19 heavy (non-hydrogen) atoms. The Morgan fingerprint density at radius 2 is 2.16 bits per heavy atom. The maximum atomic E-state index is 11.0. The van der Waals surface area contributed by atoms with Crippen LogP contribution in [0.4, 0.5) is 5.69 Å². The van der Waals surface area contributed by atoms with E-state index in [2.05, 4.69) is 0 Å². The molecule has 0 spiro atoms. The first-order valence-electron chi connectivity index (χ1n) is 6.44. The molecule has 1 aromatic rings. The van der Waals surface area contributed by atoms with Crippen molar-refractivity contribution >= 4 is 5.69 Å². The molecule has 2 rings (SSSR count). The van der Waals surface area contributed by atoms with Crippen LogP contribution in [0.3, 0.4) is 0 Å². The van der Waals surface area contributed by atoms with Crippen molar-refractivity contribution in [2.75, 3.05) is 0 Å². The van der Waals surface area contributed by atoms with Gasteiger partial charge in [-0.05, 0) is 30.9 Å². The Balaban J connectivity index is 2.23. The van der Waals surface area contributed by atoms with Crippen LogP contribution in [0.5, 0.6) is 5.75 Å². The summed E-state index contributed by atoms with van der Waals surface area (Å²) in [6.07, 6.45) is 2.38. The van der Waals surface area contributed by atoms with Gasteiger partial charge in [0.1, 0.15) is 6.10 Å². The minimum Gasteiger partial charge on any atom is -0.481 e. The number of nitro benzene ring substituents is 1. The smallest absolute Gasteiger partial charge is 0.310 e. The van der Waals surface area contributed by atoms with Gasteiger partial charge in [0.2, 0.25) is 0 Å². The predicted molar refractivity (Wildman–Crippen MR) is 69.9 cm³/mol. The van der Waals surface area contributed by atoms with E-state index in [1.807, 2.05) is 0 Å². The Labute approximate surface area is 111 Å². The first-order chi connectivity index (χ1) is 9.11. The molecule has 0 heterocycles. The lowest BCUT2D eigenvalue weighted by Crippen LogP contribution is -2.34. The molecule has 1 aliphatic rings. The maximum Gasteiger partial charge on any atom is 0.310 e. The molecule has 2 atom stereocenters. The van der Waals surface area contributed by atoms with E-state index < -0.39 is 11.0 Å². The number of ether oxygens (including phenoxy) is 1. The number of nitrogens with zero attached hydrogens (tertiary/aromatic N) is 1. The van der Waals surface area contributed by atoms with Crippen LogP contribution in [0.2, 0.25) is 0 Å². The van der Waals surface area contributed by atoms with Crippen LogP contribution in [-0.4, -0.2) is 22.2 Å². The summed E-state index contributed by atoms with van der Waals surface area (Å²) in [6, 6.07) is 4.59. The number of rotatable bonds is 4. The van der Waals surface area contributed by atoms with Crippen LogP contribution in [0, 0.1) is 10.1 Å². The summed E-state index contributed by atoms with van der Waals surface area (Å²) in [5.74, 6) is 0.193. The van der Waals surface area contributed by atoms with Crippen LogP contribution in [-0.2, 0) is 6.54 Å². The molecule has 1 aliphatic carbocycles. The highest BCUT2D eigenvalue weighted by Crippen LogP contribution is 2.31. The van der Waals surface area contributed by atoms with E-state index in [0.29, 0.717) is 19.4 Å². The van der Waals surface area contributed by atoms with Gasteiger partial charge in [0.05, 0.1) is 11.0 Å². The Bertz CT molecular complexity index is 464. The molecule has 0 aliphatic heterocycles. The number of nitrogens with two attached hydrogens (primary N) is 1. The molecular formula is C13H18N2O4. The fourth-order valence-corrected chi connectivity index (χ4v) is 2.31. The molecule has 2 unspecified atom stereocenters. The second kappa shape index (κ2) is 5.99. The Morgan fingerprint density at radius 1 is 1.42 bits per heavy atom. The fourth-order valence-electron chi connectivity index (χ4n) is 2.31. The topological polar surface area (TPSA) is 98.6 Å². The predicted octanol–water partition coefficient (Wildman–Crippen LogP) is 1.74. The van der Waals surface area contributed by atoms with E-state index in [1.165, 1.54) is 6.07 Å². The number of aliphatic hydroxyl groups excluding tert-OH is 1. The van der Waals surface area contributed by atoms with Gasteiger partial charge in [0.15, 0.2) is 5.75 Å². The summed E-state index contributed by atoms with van der Waals surface area (Å²) in [5, 5.41) is 20.8. The lowest BCUT2D eigenvalue weighted by Gasteiger charge is -2.28. The number of benzene rings is 1. The van der Waals surface area contributed by atoms with E-state index in [0.717, 1.165) is 18.4 Å². The van der Waals surface area contributed by atoms with Crippen LogP contribution >= 0.6 is 0 Å². The van der Waals surface area contributed by atoms with Crippen molar-refractivity contribution in [2.24, 2.45) is 5.73 Å². The third-order valence-corrected chi connectivity index (χ3v) is 3.40. The monoisotopic (exact) mass is 266 g/mol. The van der Waals surface area contributed by atoms with E-state index in [9.17, 15) is 15.2 Å². The normalized spacial score (nSPS) is 23.1. The van der Waals surface area contributed by atoms with Crippen LogP contribution in [0.25, 0.3) is 0 Å². The zero-order valence-corrected chi connectivity index (χ0v) is 10.6. The fraction of sp³-hybridized carbons (Fsp3) is 0.538. The SMILES string of the molecule is NCc1ccc([N+](=O)[O-])c(OC2CCCCC2O)c1. The molecule has 1 aromatic carbocycles. The van der Waals surface area contributed by atoms with E-state index >= 15 is 0 Å². The molecule has 0 amide bonds. The zero-order chi connectivity index (χ0) is 13.8. The standard InChI is InChI=1S/C13H18N2O4/c14-8-9-5-6-10(15(17)18)13(7-9)19-12-4-2-1-3-11(12)16/h5-7,11-12,16H,1-4,8,14H2. The van der Waals surface area contributed by atoms with Gasteiger partial charge in [0, 0.05) is 12.6 Å². The first kappa shape index (κ1) is 13.8. The molecule has 1 fully saturated rings. The number of hydrogen-bond acceptors (Lipinski definition) is 5. The van der Waals surface area contributed by atoms with Gasteiger partial charge in [-0.25, -0.2) is 0 Å². The van der Waals surface area contributed by atoms with Crippen molar-refractivity contribution in [2.45, 2.75) is 44.4 Å². The van der Waals surface area contributed by atoms with Gasteiger partial charge < -0.3 is 15.6 Å². The molecule has 0 radical (unpaired) electrons. The molecule has 0 bridgehead atoms. The van der Waals surface area contributed by atoms with Crippen molar-refractivity contribution < 1.29 is 14.8 Å². The third-order valence-electron chi connectivity index (χ3n) is 3.40. The van der Waals surface area contributed by atoms with Gasteiger partial charge in [-0.15, -0.1) is 0 Å². The van der Waals surface area contributed by atoms with Gasteiger partial charge in [-0.3, -0.25) is 10.1 Å². The lowest BCUT2D eigenvalue weighted by molar-refractivity contribution is -0.386. The molecule has 0 saturated heterocycles. The van der Waals surface area contributed by atoms with Gasteiger partial charge in [-0.1, -0.05) is 12.5 Å². The Kier molecular flexibility index (Phi) is 4.34. The Morgan fingerprint density at radius 3 is 2.79 bits per heavy atom. The van der Waals surface area contributed by atoms with Gasteiger partial charge in [0.25, 0.3) is 0 Å². The molecule has 104 valence electrons. The Hall–Kier alpha value is -1.66. The van der Waals surface area contributed by atoms with Crippen molar-refractivity contribution in [3.8, 4) is 5.75 Å². The van der Waals surface area contributed by atoms with Crippen LogP contribution < -0.4 is 10.5 Å². The van der Waals surface area contributed by atoms with E-state index in [4.69, 9.17) is 10.5 Å². The highest BCUT2D eigenvalue weighted by Gasteiger charge is 2.27. The largest absolute Gasteiger partial charge is 0.481 e. The van der Waals surface area contributed by atoms with Crippen molar-refractivity contribution in [1.82, 2.24) is 0 Å². The second-order valence-corrected chi connectivity index (χ2v) is 4.77. The quantitative estimate of drug-likeness (QED) is 0.638. The highest BCUT2D eigenvalue weighted by atomic mass is 16.6. The molecule has 3 N–H and O–H groups in total. The van der Waals surface area contributed by atoms with Gasteiger partial charge in [-0.2, -0.15) is 0 Å². The average molecular weight is 266 g/mol. The minimum atomic E-state index is -0.560. The first-order valence-corrected chi connectivity index (χ1v) is 6.44. The molecule has 0 aromatic heterocycles. The molecular weight excluding hydrogens is 248 g/mol. The zero-order valence-electron chi connectivity index (χ0n) is 10.6. The third kappa shape index (κ3) is 3.21. The van der Waals surface area contributed by atoms with Crippen molar-refractivity contribution in [3.63, 3.8) is 0 Å². The summed E-state index contributed by atoms with van der Waals surface area (Å²) in [5.41, 5.74) is 6.21. The van der Waals surface area contributed by atoms with Crippen LogP contribution in [0.15, 0.2) is 18.2 Å². The second-order valence-electron chi connectivity index (χ2n) is 4.77. The summed E-state index contributed by atoms with van der Waals surface area (Å²) in [6.45, 7) is 0.293. The summed E-state index contributed by atoms with van der Waals surface area (Å²) in [4.78, 5) is 10.5. The minimum absolute atomic E-state index is 0.0880. The van der Waals surface area contributed by atoms with Crippen molar-refractivity contribution in [3.05, 3.63) is 33.9 Å². The number of hydrogen-bond donors (Lipinski definition) is 2. The molecule has 6 heteroatoms. The van der Waals surface area contributed by atoms with Crippen molar-refractivity contribution in [1.29, 1.82) is 0 Å². The summed E-state index contributed by atoms with van der Waals surface area (Å²) >= 11 is 0. The maximum absolute atomic E-state index is 11.0.